The molecule has 1 N–H and O–H groups in total. The van der Waals surface area contributed by atoms with E-state index in [0.717, 1.165) is 5.56 Å². The number of likely N-dealkylation sites (N-methyl/N-ethyl adjacent to an activating group) is 1. The van der Waals surface area contributed by atoms with Crippen LogP contribution in [0, 0.1) is 0 Å². The van der Waals surface area contributed by atoms with Crippen LogP contribution in [-0.2, 0) is 17.9 Å². The van der Waals surface area contributed by atoms with Gasteiger partial charge in [0.2, 0.25) is 5.91 Å². The van der Waals surface area contributed by atoms with Crippen molar-refractivity contribution < 1.29 is 4.79 Å². The van der Waals surface area contributed by atoms with E-state index in [-0.39, 0.29) is 12.5 Å². The van der Waals surface area contributed by atoms with Crippen molar-refractivity contribution >= 4 is 16.9 Å². The first-order valence-corrected chi connectivity index (χ1v) is 7.56. The normalized spacial score (nSPS) is 10.7. The molecular weight excluding hydrogens is 306 g/mol. The van der Waals surface area contributed by atoms with Crippen LogP contribution in [0.2, 0.25) is 0 Å². The average Bonchev–Trinajstić information content (AvgIpc) is 2.59. The van der Waals surface area contributed by atoms with Crippen molar-refractivity contribution in [3.8, 4) is 0 Å². The Kier molecular flexibility index (Phi) is 4.29. The number of carbonyl (C=O) groups is 1. The number of H-pyrrole nitrogens is 1. The maximum Gasteiger partial charge on any atom is 0.317 e. The Morgan fingerprint density at radius 1 is 1.04 bits per heavy atom. The van der Waals surface area contributed by atoms with Gasteiger partial charge in [0.25, 0.3) is 0 Å². The molecular formula is C18H17N3O3. The zero-order chi connectivity index (χ0) is 17.1. The largest absolute Gasteiger partial charge is 0.340 e. The fourth-order valence-corrected chi connectivity index (χ4v) is 2.58. The third-order valence-electron chi connectivity index (χ3n) is 3.86. The van der Waals surface area contributed by atoms with Crippen molar-refractivity contribution in [3.63, 3.8) is 0 Å². The number of amides is 1. The molecule has 0 bridgehead atoms. The van der Waals surface area contributed by atoms with Crippen LogP contribution >= 0.6 is 0 Å². The van der Waals surface area contributed by atoms with Crippen molar-refractivity contribution in [2.24, 2.45) is 0 Å². The quantitative estimate of drug-likeness (QED) is 0.736. The van der Waals surface area contributed by atoms with Gasteiger partial charge in [0.1, 0.15) is 6.54 Å². The van der Waals surface area contributed by atoms with Crippen LogP contribution in [0.1, 0.15) is 5.56 Å². The lowest BCUT2D eigenvalue weighted by Crippen LogP contribution is -2.40. The molecule has 24 heavy (non-hydrogen) atoms. The van der Waals surface area contributed by atoms with Gasteiger partial charge in [-0.05, 0) is 17.7 Å². The Balaban J connectivity index is 1.89. The highest BCUT2D eigenvalue weighted by Crippen LogP contribution is 2.08. The van der Waals surface area contributed by atoms with Gasteiger partial charge in [0.15, 0.2) is 0 Å². The Morgan fingerprint density at radius 3 is 2.46 bits per heavy atom. The molecule has 0 saturated carbocycles. The summed E-state index contributed by atoms with van der Waals surface area (Å²) in [5.41, 5.74) is 0.600. The zero-order valence-electron chi connectivity index (χ0n) is 13.2. The molecule has 0 unspecified atom stereocenters. The van der Waals surface area contributed by atoms with Gasteiger partial charge in [0.05, 0.1) is 11.0 Å². The van der Waals surface area contributed by atoms with Crippen molar-refractivity contribution in [2.45, 2.75) is 13.1 Å². The molecule has 0 radical (unpaired) electrons. The molecule has 3 aromatic rings. The maximum atomic E-state index is 12.5. The van der Waals surface area contributed by atoms with Crippen molar-refractivity contribution in [2.75, 3.05) is 7.05 Å². The Morgan fingerprint density at radius 2 is 1.71 bits per heavy atom. The van der Waals surface area contributed by atoms with E-state index in [9.17, 15) is 14.4 Å². The number of fused-ring (bicyclic) bond motifs is 1. The molecule has 0 atom stereocenters. The van der Waals surface area contributed by atoms with Gasteiger partial charge in [-0.15, -0.1) is 0 Å². The molecule has 0 spiro atoms. The van der Waals surface area contributed by atoms with E-state index in [2.05, 4.69) is 4.98 Å². The summed E-state index contributed by atoms with van der Waals surface area (Å²) in [5.74, 6) is -0.239. The highest BCUT2D eigenvalue weighted by atomic mass is 16.2. The van der Waals surface area contributed by atoms with Crippen LogP contribution in [-0.4, -0.2) is 27.4 Å². The molecule has 0 aliphatic rings. The third kappa shape index (κ3) is 3.12. The Hall–Kier alpha value is -3.15. The summed E-state index contributed by atoms with van der Waals surface area (Å²) in [7, 11) is 1.68. The number of nitrogens with zero attached hydrogens (tertiary/aromatic N) is 2. The number of benzene rings is 2. The standard InChI is InChI=1S/C18H17N3O3/c1-20(11-13-7-3-2-4-8-13)16(22)12-21-15-10-6-5-9-14(15)19-17(23)18(21)24/h2-10H,11-12H2,1H3,(H,19,23). The van der Waals surface area contributed by atoms with Gasteiger partial charge < -0.3 is 9.88 Å². The van der Waals surface area contributed by atoms with E-state index in [1.807, 2.05) is 30.3 Å². The number of hydrogen-bond acceptors (Lipinski definition) is 3. The van der Waals surface area contributed by atoms with Crippen LogP contribution in [0.3, 0.4) is 0 Å². The molecule has 1 heterocycles. The summed E-state index contributed by atoms with van der Waals surface area (Å²) < 4.78 is 1.22. The molecule has 6 nitrogen and oxygen atoms in total. The Labute approximate surface area is 138 Å². The number of nitrogens with one attached hydrogen (secondary N) is 1. The number of rotatable bonds is 4. The summed E-state index contributed by atoms with van der Waals surface area (Å²) >= 11 is 0. The van der Waals surface area contributed by atoms with E-state index >= 15 is 0 Å². The van der Waals surface area contributed by atoms with E-state index in [4.69, 9.17) is 0 Å². The first-order chi connectivity index (χ1) is 11.6. The molecule has 2 aromatic carbocycles. The molecule has 0 fully saturated rings. The number of aromatic nitrogens is 2. The highest BCUT2D eigenvalue weighted by Gasteiger charge is 2.14. The van der Waals surface area contributed by atoms with Gasteiger partial charge >= 0.3 is 11.1 Å². The minimum Gasteiger partial charge on any atom is -0.340 e. The lowest BCUT2D eigenvalue weighted by atomic mass is 10.2. The lowest BCUT2D eigenvalue weighted by molar-refractivity contribution is -0.131. The molecule has 0 aliphatic carbocycles. The van der Waals surface area contributed by atoms with Gasteiger partial charge in [-0.2, -0.15) is 0 Å². The van der Waals surface area contributed by atoms with E-state index in [1.165, 1.54) is 9.47 Å². The van der Waals surface area contributed by atoms with Crippen molar-refractivity contribution in [1.29, 1.82) is 0 Å². The maximum absolute atomic E-state index is 12.5. The SMILES string of the molecule is CN(Cc1ccccc1)C(=O)Cn1c(=O)c(=O)[nH]c2ccccc21. The topological polar surface area (TPSA) is 75.2 Å². The fraction of sp³-hybridized carbons (Fsp3) is 0.167. The van der Waals surface area contributed by atoms with E-state index in [1.54, 1.807) is 31.3 Å². The van der Waals surface area contributed by atoms with Gasteiger partial charge in [-0.25, -0.2) is 0 Å². The van der Waals surface area contributed by atoms with Crippen LogP contribution in [0.25, 0.3) is 11.0 Å². The van der Waals surface area contributed by atoms with Gasteiger partial charge in [-0.3, -0.25) is 19.0 Å². The first kappa shape index (κ1) is 15.7. The molecule has 6 heteroatoms. The summed E-state index contributed by atoms with van der Waals surface area (Å²) in [6.45, 7) is 0.266. The predicted octanol–water partition coefficient (Wildman–Crippen LogP) is 1.35. The van der Waals surface area contributed by atoms with Crippen molar-refractivity contribution in [3.05, 3.63) is 80.9 Å². The second kappa shape index (κ2) is 6.54. The van der Waals surface area contributed by atoms with E-state index in [0.29, 0.717) is 17.6 Å². The van der Waals surface area contributed by atoms with Crippen LogP contribution in [0.15, 0.2) is 64.2 Å². The van der Waals surface area contributed by atoms with Crippen molar-refractivity contribution in [1.82, 2.24) is 14.5 Å². The summed E-state index contributed by atoms with van der Waals surface area (Å²) in [4.78, 5) is 40.5. The number of hydrogen-bond donors (Lipinski definition) is 1. The third-order valence-corrected chi connectivity index (χ3v) is 3.86. The minimum absolute atomic E-state index is 0.174. The smallest absolute Gasteiger partial charge is 0.317 e. The second-order valence-electron chi connectivity index (χ2n) is 5.60. The molecule has 122 valence electrons. The number of aromatic amines is 1. The first-order valence-electron chi connectivity index (χ1n) is 7.56. The fourth-order valence-electron chi connectivity index (χ4n) is 2.58. The zero-order valence-corrected chi connectivity index (χ0v) is 13.2. The molecule has 3 rings (SSSR count). The number of carbonyl (C=O) groups excluding carboxylic acids is 1. The van der Waals surface area contributed by atoms with Crippen LogP contribution < -0.4 is 11.1 Å². The van der Waals surface area contributed by atoms with Crippen LogP contribution in [0.4, 0.5) is 0 Å². The summed E-state index contributed by atoms with van der Waals surface area (Å²) in [6.07, 6.45) is 0. The molecule has 1 aromatic heterocycles. The van der Waals surface area contributed by atoms with Crippen LogP contribution in [0.5, 0.6) is 0 Å². The lowest BCUT2D eigenvalue weighted by Gasteiger charge is -2.18. The van der Waals surface area contributed by atoms with E-state index < -0.39 is 11.1 Å². The van der Waals surface area contributed by atoms with Gasteiger partial charge in [0, 0.05) is 13.6 Å². The summed E-state index contributed by atoms with van der Waals surface area (Å²) in [5, 5.41) is 0. The monoisotopic (exact) mass is 323 g/mol. The number of para-hydroxylation sites is 2. The highest BCUT2D eigenvalue weighted by molar-refractivity contribution is 5.79. The average molecular weight is 323 g/mol. The van der Waals surface area contributed by atoms with Gasteiger partial charge in [-0.1, -0.05) is 42.5 Å². The predicted molar refractivity (Wildman–Crippen MR) is 91.7 cm³/mol. The summed E-state index contributed by atoms with van der Waals surface area (Å²) in [6, 6.07) is 16.5. The molecule has 0 aliphatic heterocycles. The minimum atomic E-state index is -0.729. The molecule has 0 saturated heterocycles. The Bertz CT molecular complexity index is 990. The molecule has 1 amide bonds. The second-order valence-corrected chi connectivity index (χ2v) is 5.60.